The van der Waals surface area contributed by atoms with Crippen molar-refractivity contribution in [3.8, 4) is 6.07 Å². The van der Waals surface area contributed by atoms with Crippen LogP contribution in [-0.4, -0.2) is 6.54 Å². The molecule has 0 aliphatic carbocycles. The van der Waals surface area contributed by atoms with Gasteiger partial charge in [-0.1, -0.05) is 38.1 Å². The first-order chi connectivity index (χ1) is 9.22. The monoisotopic (exact) mass is 252 g/mol. The summed E-state index contributed by atoms with van der Waals surface area (Å²) in [6.07, 6.45) is 2.41. The van der Waals surface area contributed by atoms with E-state index in [1.807, 2.05) is 30.3 Å². The summed E-state index contributed by atoms with van der Waals surface area (Å²) < 4.78 is 0. The van der Waals surface area contributed by atoms with Crippen LogP contribution in [0.5, 0.6) is 0 Å². The summed E-state index contributed by atoms with van der Waals surface area (Å²) in [6, 6.07) is 14.2. The first-order valence-electron chi connectivity index (χ1n) is 6.88. The summed E-state index contributed by atoms with van der Waals surface area (Å²) in [5, 5.41) is 14.8. The fourth-order valence-electron chi connectivity index (χ4n) is 2.28. The molecule has 0 spiro atoms. The van der Waals surface area contributed by atoms with E-state index in [-0.39, 0.29) is 0 Å². The molecule has 2 nitrogen and oxygen atoms in total. The van der Waals surface area contributed by atoms with Crippen LogP contribution in [0.1, 0.15) is 32.3 Å². The van der Waals surface area contributed by atoms with Gasteiger partial charge in [-0.3, -0.25) is 0 Å². The van der Waals surface area contributed by atoms with Crippen LogP contribution < -0.4 is 5.32 Å². The highest BCUT2D eigenvalue weighted by molar-refractivity contribution is 5.97. The lowest BCUT2D eigenvalue weighted by molar-refractivity contribution is 0.567. The third kappa shape index (κ3) is 3.26. The van der Waals surface area contributed by atoms with Crippen LogP contribution in [0.15, 0.2) is 36.4 Å². The number of hydrogen-bond acceptors (Lipinski definition) is 2. The Bertz CT molecular complexity index is 594. The fourth-order valence-corrected chi connectivity index (χ4v) is 2.28. The average molecular weight is 252 g/mol. The Morgan fingerprint density at radius 1 is 1.11 bits per heavy atom. The Hall–Kier alpha value is -2.01. The minimum absolute atomic E-state index is 0.739. The molecule has 0 amide bonds. The van der Waals surface area contributed by atoms with E-state index in [1.54, 1.807) is 0 Å². The smallest absolute Gasteiger partial charge is 0.0998 e. The van der Waals surface area contributed by atoms with Gasteiger partial charge in [-0.15, -0.1) is 0 Å². The van der Waals surface area contributed by atoms with Crippen molar-refractivity contribution in [3.63, 3.8) is 0 Å². The van der Waals surface area contributed by atoms with Crippen molar-refractivity contribution in [1.29, 1.82) is 5.26 Å². The number of fused-ring (bicyclic) bond motifs is 1. The van der Waals surface area contributed by atoms with E-state index in [0.717, 1.165) is 34.5 Å². The first-order valence-corrected chi connectivity index (χ1v) is 6.88. The molecular formula is C17H20N2. The van der Waals surface area contributed by atoms with Crippen molar-refractivity contribution in [3.05, 3.63) is 42.0 Å². The number of benzene rings is 2. The third-order valence-electron chi connectivity index (χ3n) is 3.32. The van der Waals surface area contributed by atoms with Crippen molar-refractivity contribution in [2.24, 2.45) is 5.92 Å². The van der Waals surface area contributed by atoms with Crippen LogP contribution in [0.4, 0.5) is 5.69 Å². The highest BCUT2D eigenvalue weighted by atomic mass is 14.9. The Kier molecular flexibility index (Phi) is 4.41. The summed E-state index contributed by atoms with van der Waals surface area (Å²) in [4.78, 5) is 0. The molecule has 98 valence electrons. The molecular weight excluding hydrogens is 232 g/mol. The highest BCUT2D eigenvalue weighted by Crippen LogP contribution is 2.26. The molecule has 0 aromatic heterocycles. The zero-order chi connectivity index (χ0) is 13.7. The molecule has 0 heterocycles. The fraction of sp³-hybridized carbons (Fsp3) is 0.353. The van der Waals surface area contributed by atoms with Gasteiger partial charge in [0.25, 0.3) is 0 Å². The zero-order valence-electron chi connectivity index (χ0n) is 11.6. The van der Waals surface area contributed by atoms with Gasteiger partial charge in [0.15, 0.2) is 0 Å². The number of nitrogens with zero attached hydrogens (tertiary/aromatic N) is 1. The number of rotatable bonds is 5. The predicted molar refractivity (Wildman–Crippen MR) is 81.2 cm³/mol. The SMILES string of the molecule is CC(C)CCCNc1ccc(C#N)c2ccccc12. The molecule has 0 atom stereocenters. The van der Waals surface area contributed by atoms with Gasteiger partial charge in [0.1, 0.15) is 0 Å². The average Bonchev–Trinajstić information content (AvgIpc) is 2.43. The second-order valence-electron chi connectivity index (χ2n) is 5.28. The molecule has 2 aromatic carbocycles. The van der Waals surface area contributed by atoms with Crippen LogP contribution in [0.3, 0.4) is 0 Å². The second-order valence-corrected chi connectivity index (χ2v) is 5.28. The van der Waals surface area contributed by atoms with Crippen molar-refractivity contribution in [2.75, 3.05) is 11.9 Å². The molecule has 0 unspecified atom stereocenters. The lowest BCUT2D eigenvalue weighted by atomic mass is 10.0. The van der Waals surface area contributed by atoms with Crippen LogP contribution in [0.2, 0.25) is 0 Å². The second kappa shape index (κ2) is 6.24. The third-order valence-corrected chi connectivity index (χ3v) is 3.32. The topological polar surface area (TPSA) is 35.8 Å². The van der Waals surface area contributed by atoms with Crippen LogP contribution in [0, 0.1) is 17.2 Å². The zero-order valence-corrected chi connectivity index (χ0v) is 11.6. The van der Waals surface area contributed by atoms with Gasteiger partial charge < -0.3 is 5.32 Å². The van der Waals surface area contributed by atoms with E-state index in [0.29, 0.717) is 0 Å². The quantitative estimate of drug-likeness (QED) is 0.792. The lowest BCUT2D eigenvalue weighted by Gasteiger charge is -2.11. The molecule has 0 aliphatic rings. The van der Waals surface area contributed by atoms with Gasteiger partial charge in [-0.2, -0.15) is 5.26 Å². The maximum Gasteiger partial charge on any atom is 0.0998 e. The number of hydrogen-bond donors (Lipinski definition) is 1. The molecule has 0 fully saturated rings. The van der Waals surface area contributed by atoms with E-state index >= 15 is 0 Å². The first kappa shape index (κ1) is 13.4. The molecule has 19 heavy (non-hydrogen) atoms. The van der Waals surface area contributed by atoms with Crippen molar-refractivity contribution in [2.45, 2.75) is 26.7 Å². The summed E-state index contributed by atoms with van der Waals surface area (Å²) in [6.45, 7) is 5.47. The van der Waals surface area contributed by atoms with E-state index in [4.69, 9.17) is 5.26 Å². The molecule has 0 saturated carbocycles. The molecule has 0 radical (unpaired) electrons. The van der Waals surface area contributed by atoms with Crippen LogP contribution in [0.25, 0.3) is 10.8 Å². The standard InChI is InChI=1S/C17H20N2/c1-13(2)6-5-11-19-17-10-9-14(12-18)15-7-3-4-8-16(15)17/h3-4,7-10,13,19H,5-6,11H2,1-2H3. The highest BCUT2D eigenvalue weighted by Gasteiger charge is 2.04. The Morgan fingerprint density at radius 2 is 1.84 bits per heavy atom. The normalized spacial score (nSPS) is 10.6. The molecule has 0 aliphatic heterocycles. The largest absolute Gasteiger partial charge is 0.385 e. The molecule has 2 aromatic rings. The van der Waals surface area contributed by atoms with E-state index in [9.17, 15) is 0 Å². The summed E-state index contributed by atoms with van der Waals surface area (Å²) in [7, 11) is 0. The van der Waals surface area contributed by atoms with Gasteiger partial charge in [0, 0.05) is 23.0 Å². The minimum atomic E-state index is 0.739. The van der Waals surface area contributed by atoms with E-state index in [2.05, 4.69) is 31.3 Å². The maximum absolute atomic E-state index is 9.13. The van der Waals surface area contributed by atoms with E-state index < -0.39 is 0 Å². The van der Waals surface area contributed by atoms with Gasteiger partial charge in [-0.05, 0) is 30.9 Å². The van der Waals surface area contributed by atoms with Gasteiger partial charge in [-0.25, -0.2) is 0 Å². The number of anilines is 1. The van der Waals surface area contributed by atoms with Gasteiger partial charge in [0.2, 0.25) is 0 Å². The van der Waals surface area contributed by atoms with Crippen molar-refractivity contribution >= 4 is 16.5 Å². The van der Waals surface area contributed by atoms with Crippen LogP contribution in [-0.2, 0) is 0 Å². The van der Waals surface area contributed by atoms with E-state index in [1.165, 1.54) is 12.8 Å². The Labute approximate surface area is 115 Å². The van der Waals surface area contributed by atoms with Gasteiger partial charge >= 0.3 is 0 Å². The molecule has 2 rings (SSSR count). The van der Waals surface area contributed by atoms with Crippen molar-refractivity contribution < 1.29 is 0 Å². The van der Waals surface area contributed by atoms with Crippen LogP contribution >= 0.6 is 0 Å². The van der Waals surface area contributed by atoms with Crippen molar-refractivity contribution in [1.82, 2.24) is 0 Å². The Balaban J connectivity index is 2.18. The Morgan fingerprint density at radius 3 is 2.53 bits per heavy atom. The molecule has 0 saturated heterocycles. The predicted octanol–water partition coefficient (Wildman–Crippen LogP) is 4.56. The summed E-state index contributed by atoms with van der Waals surface area (Å²) in [5.41, 5.74) is 1.86. The lowest BCUT2D eigenvalue weighted by Crippen LogP contribution is -2.03. The summed E-state index contributed by atoms with van der Waals surface area (Å²) >= 11 is 0. The number of nitrogens with one attached hydrogen (secondary N) is 1. The van der Waals surface area contributed by atoms with Gasteiger partial charge in [0.05, 0.1) is 11.6 Å². The molecule has 0 bridgehead atoms. The summed E-state index contributed by atoms with van der Waals surface area (Å²) in [5.74, 6) is 0.750. The maximum atomic E-state index is 9.13. The molecule has 2 heteroatoms. The molecule has 1 N–H and O–H groups in total. The number of nitriles is 1. The minimum Gasteiger partial charge on any atom is -0.385 e.